The van der Waals surface area contributed by atoms with Crippen LogP contribution in [0.5, 0.6) is 5.75 Å². The van der Waals surface area contributed by atoms with Crippen LogP contribution in [0.3, 0.4) is 0 Å². The summed E-state index contributed by atoms with van der Waals surface area (Å²) in [5.74, 6) is 1.19. The van der Waals surface area contributed by atoms with Crippen molar-refractivity contribution in [2.45, 2.75) is 27.2 Å². The smallest absolute Gasteiger partial charge is 0.262 e. The Morgan fingerprint density at radius 2 is 2.14 bits per heavy atom. The van der Waals surface area contributed by atoms with E-state index in [2.05, 4.69) is 31.0 Å². The summed E-state index contributed by atoms with van der Waals surface area (Å²) in [5.41, 5.74) is 8.90. The molecule has 0 bridgehead atoms. The van der Waals surface area contributed by atoms with Gasteiger partial charge in [-0.1, -0.05) is 20.8 Å². The van der Waals surface area contributed by atoms with Crippen molar-refractivity contribution >= 4 is 23.0 Å². The number of hydrogen-bond donors (Lipinski definition) is 2. The molecule has 0 saturated carbocycles. The van der Waals surface area contributed by atoms with E-state index in [1.54, 1.807) is 0 Å². The lowest BCUT2D eigenvalue weighted by molar-refractivity contribution is -0.118. The third-order valence-electron chi connectivity index (χ3n) is 4.52. The highest BCUT2D eigenvalue weighted by Crippen LogP contribution is 2.41. The van der Waals surface area contributed by atoms with Crippen LogP contribution in [0.2, 0.25) is 0 Å². The first-order valence-corrected chi connectivity index (χ1v) is 7.46. The fraction of sp³-hybridized carbons (Fsp3) is 0.562. The Morgan fingerprint density at radius 3 is 2.81 bits per heavy atom. The van der Waals surface area contributed by atoms with Crippen LogP contribution in [0.4, 0.5) is 17.1 Å². The van der Waals surface area contributed by atoms with Crippen molar-refractivity contribution in [3.8, 4) is 5.75 Å². The number of ether oxygens (including phenoxy) is 1. The fourth-order valence-corrected chi connectivity index (χ4v) is 3.09. The molecule has 0 aromatic heterocycles. The molecule has 5 nitrogen and oxygen atoms in total. The number of rotatable bonds is 1. The Balaban J connectivity index is 1.86. The Hall–Kier alpha value is -1.91. The zero-order valence-corrected chi connectivity index (χ0v) is 12.9. The van der Waals surface area contributed by atoms with E-state index in [0.29, 0.717) is 22.8 Å². The molecule has 1 saturated heterocycles. The number of fused-ring (bicyclic) bond motifs is 1. The summed E-state index contributed by atoms with van der Waals surface area (Å²) >= 11 is 0. The van der Waals surface area contributed by atoms with Gasteiger partial charge in [-0.2, -0.15) is 0 Å². The van der Waals surface area contributed by atoms with E-state index in [1.165, 1.54) is 6.42 Å². The van der Waals surface area contributed by atoms with E-state index in [9.17, 15) is 4.79 Å². The lowest BCUT2D eigenvalue weighted by Crippen LogP contribution is -2.28. The second-order valence-corrected chi connectivity index (χ2v) is 7.04. The minimum absolute atomic E-state index is 0.0571. The third kappa shape index (κ3) is 2.64. The van der Waals surface area contributed by atoms with Gasteiger partial charge in [0.15, 0.2) is 6.61 Å². The SMILES string of the molecule is CC(C)(C)C1CCN(c2cc3c(cc2N)OCC(=O)N3)C1. The molecule has 0 spiro atoms. The number of nitrogens with two attached hydrogens (primary N) is 1. The van der Waals surface area contributed by atoms with Gasteiger partial charge in [-0.05, 0) is 23.8 Å². The molecule has 0 aliphatic carbocycles. The maximum absolute atomic E-state index is 11.4. The molecule has 114 valence electrons. The molecule has 2 aliphatic rings. The lowest BCUT2D eigenvalue weighted by atomic mass is 9.80. The second kappa shape index (κ2) is 4.83. The zero-order chi connectivity index (χ0) is 15.2. The normalized spacial score (nSPS) is 21.8. The van der Waals surface area contributed by atoms with Crippen LogP contribution >= 0.6 is 0 Å². The van der Waals surface area contributed by atoms with Crippen molar-refractivity contribution in [2.75, 3.05) is 35.6 Å². The molecular weight excluding hydrogens is 266 g/mol. The predicted octanol–water partition coefficient (Wildman–Crippen LogP) is 2.47. The van der Waals surface area contributed by atoms with E-state index in [0.717, 1.165) is 24.5 Å². The summed E-state index contributed by atoms with van der Waals surface area (Å²) in [6, 6.07) is 3.75. The lowest BCUT2D eigenvalue weighted by Gasteiger charge is -2.28. The number of benzene rings is 1. The quantitative estimate of drug-likeness (QED) is 0.779. The van der Waals surface area contributed by atoms with Crippen LogP contribution in [0.1, 0.15) is 27.2 Å². The van der Waals surface area contributed by atoms with Gasteiger partial charge >= 0.3 is 0 Å². The van der Waals surface area contributed by atoms with Gasteiger partial charge in [0.05, 0.1) is 17.1 Å². The molecule has 5 heteroatoms. The van der Waals surface area contributed by atoms with Crippen molar-refractivity contribution in [3.05, 3.63) is 12.1 Å². The van der Waals surface area contributed by atoms with Gasteiger partial charge in [-0.3, -0.25) is 4.79 Å². The maximum Gasteiger partial charge on any atom is 0.262 e. The fourth-order valence-electron chi connectivity index (χ4n) is 3.09. The Kier molecular flexibility index (Phi) is 3.23. The van der Waals surface area contributed by atoms with Crippen molar-refractivity contribution < 1.29 is 9.53 Å². The Bertz CT molecular complexity index is 578. The van der Waals surface area contributed by atoms with Crippen LogP contribution in [-0.2, 0) is 4.79 Å². The molecule has 21 heavy (non-hydrogen) atoms. The van der Waals surface area contributed by atoms with E-state index in [-0.39, 0.29) is 12.5 Å². The molecule has 2 heterocycles. The number of nitrogens with one attached hydrogen (secondary N) is 1. The summed E-state index contributed by atoms with van der Waals surface area (Å²) in [6.45, 7) is 8.91. The number of amides is 1. The minimum Gasteiger partial charge on any atom is -0.482 e. The number of nitrogens with zero attached hydrogens (tertiary/aromatic N) is 1. The summed E-state index contributed by atoms with van der Waals surface area (Å²) in [4.78, 5) is 13.8. The van der Waals surface area contributed by atoms with Gasteiger partial charge in [0.1, 0.15) is 5.75 Å². The molecule has 0 radical (unpaired) electrons. The predicted molar refractivity (Wildman–Crippen MR) is 84.8 cm³/mol. The number of hydrogen-bond acceptors (Lipinski definition) is 4. The summed E-state index contributed by atoms with van der Waals surface area (Å²) < 4.78 is 5.40. The first-order chi connectivity index (χ1) is 9.84. The molecule has 3 N–H and O–H groups in total. The van der Waals surface area contributed by atoms with Crippen LogP contribution < -0.4 is 20.7 Å². The number of carbonyl (C=O) groups is 1. The highest BCUT2D eigenvalue weighted by atomic mass is 16.5. The molecule has 1 fully saturated rings. The monoisotopic (exact) mass is 289 g/mol. The Morgan fingerprint density at radius 1 is 1.38 bits per heavy atom. The van der Waals surface area contributed by atoms with Crippen LogP contribution in [-0.4, -0.2) is 25.6 Å². The highest BCUT2D eigenvalue weighted by molar-refractivity contribution is 5.97. The summed E-state index contributed by atoms with van der Waals surface area (Å²) in [6.07, 6.45) is 1.17. The molecule has 1 aromatic rings. The van der Waals surface area contributed by atoms with Gasteiger partial charge in [0.2, 0.25) is 0 Å². The Labute approximate surface area is 125 Å². The van der Waals surface area contributed by atoms with Crippen molar-refractivity contribution in [3.63, 3.8) is 0 Å². The molecule has 3 rings (SSSR count). The minimum atomic E-state index is -0.118. The van der Waals surface area contributed by atoms with Crippen LogP contribution in [0, 0.1) is 11.3 Å². The summed E-state index contributed by atoms with van der Waals surface area (Å²) in [7, 11) is 0. The second-order valence-electron chi connectivity index (χ2n) is 7.04. The average Bonchev–Trinajstić information content (AvgIpc) is 2.88. The maximum atomic E-state index is 11.4. The number of anilines is 3. The molecular formula is C16H23N3O2. The van der Waals surface area contributed by atoms with Crippen LogP contribution in [0.25, 0.3) is 0 Å². The van der Waals surface area contributed by atoms with Gasteiger partial charge < -0.3 is 20.7 Å². The number of nitrogen functional groups attached to an aromatic ring is 1. The topological polar surface area (TPSA) is 67.6 Å². The summed E-state index contributed by atoms with van der Waals surface area (Å²) in [5, 5.41) is 2.85. The van der Waals surface area contributed by atoms with Crippen molar-refractivity contribution in [1.29, 1.82) is 0 Å². The van der Waals surface area contributed by atoms with E-state index in [1.807, 2.05) is 12.1 Å². The first kappa shape index (κ1) is 14.0. The van der Waals surface area contributed by atoms with Gasteiger partial charge in [0, 0.05) is 19.2 Å². The molecule has 1 unspecified atom stereocenters. The first-order valence-electron chi connectivity index (χ1n) is 7.46. The van der Waals surface area contributed by atoms with Gasteiger partial charge in [-0.25, -0.2) is 0 Å². The number of carbonyl (C=O) groups excluding carboxylic acids is 1. The van der Waals surface area contributed by atoms with E-state index in [4.69, 9.17) is 10.5 Å². The zero-order valence-electron chi connectivity index (χ0n) is 12.9. The standard InChI is InChI=1S/C16H23N3O2/c1-16(2,3)10-4-5-19(8-10)13-7-12-14(6-11(13)17)21-9-15(20)18-12/h6-7,10H,4-5,8-9,17H2,1-3H3,(H,18,20). The largest absolute Gasteiger partial charge is 0.482 e. The molecule has 2 aliphatic heterocycles. The van der Waals surface area contributed by atoms with Gasteiger partial charge in [-0.15, -0.1) is 0 Å². The van der Waals surface area contributed by atoms with Crippen molar-refractivity contribution in [2.24, 2.45) is 11.3 Å². The van der Waals surface area contributed by atoms with Crippen LogP contribution in [0.15, 0.2) is 12.1 Å². The third-order valence-corrected chi connectivity index (χ3v) is 4.52. The average molecular weight is 289 g/mol. The highest BCUT2D eigenvalue weighted by Gasteiger charge is 2.33. The van der Waals surface area contributed by atoms with Gasteiger partial charge in [0.25, 0.3) is 5.91 Å². The molecule has 1 atom stereocenters. The molecule has 1 amide bonds. The van der Waals surface area contributed by atoms with E-state index >= 15 is 0 Å². The molecule has 1 aromatic carbocycles. The van der Waals surface area contributed by atoms with E-state index < -0.39 is 0 Å². The van der Waals surface area contributed by atoms with Crippen molar-refractivity contribution in [1.82, 2.24) is 0 Å².